The van der Waals surface area contributed by atoms with Gasteiger partial charge in [0.25, 0.3) is 0 Å². The Morgan fingerprint density at radius 2 is 1.36 bits per heavy atom. The quantitative estimate of drug-likeness (QED) is 0.324. The van der Waals surface area contributed by atoms with Crippen LogP contribution < -0.4 is 5.48 Å². The first-order valence-corrected chi connectivity index (χ1v) is 8.08. The molecule has 1 amide bonds. The molecule has 0 saturated heterocycles. The number of aromatic amines is 1. The lowest BCUT2D eigenvalue weighted by atomic mass is 9.98. The van der Waals surface area contributed by atoms with Crippen molar-refractivity contribution >= 4 is 17.8 Å². The first kappa shape index (κ1) is 18.8. The molecule has 0 aliphatic carbocycles. The zero-order chi connectivity index (χ0) is 20.3. The van der Waals surface area contributed by atoms with Crippen molar-refractivity contribution < 1.29 is 29.8 Å². The third-order valence-corrected chi connectivity index (χ3v) is 4.15. The Labute approximate surface area is 158 Å². The maximum Gasteiger partial charge on any atom is 0.335 e. The molecule has 0 aliphatic rings. The minimum Gasteiger partial charge on any atom is -0.478 e. The lowest BCUT2D eigenvalue weighted by Gasteiger charge is -2.07. The highest BCUT2D eigenvalue weighted by atomic mass is 16.5. The van der Waals surface area contributed by atoms with Crippen molar-refractivity contribution in [2.75, 3.05) is 0 Å². The number of carbonyl (C=O) groups excluding carboxylic acids is 1. The summed E-state index contributed by atoms with van der Waals surface area (Å²) in [6.45, 7) is 0. The average molecular weight is 381 g/mol. The Morgan fingerprint density at radius 1 is 0.857 bits per heavy atom. The number of carbonyl (C=O) groups is 3. The molecule has 0 bridgehead atoms. The highest BCUT2D eigenvalue weighted by Gasteiger charge is 2.19. The van der Waals surface area contributed by atoms with Gasteiger partial charge < -0.3 is 10.2 Å². The van der Waals surface area contributed by atoms with Crippen LogP contribution in [0.15, 0.2) is 48.5 Å². The van der Waals surface area contributed by atoms with Crippen LogP contribution in [0.25, 0.3) is 22.5 Å². The molecular formula is C19H15N3O6. The largest absolute Gasteiger partial charge is 0.478 e. The molecular weight excluding hydrogens is 366 g/mol. The van der Waals surface area contributed by atoms with Crippen molar-refractivity contribution in [1.29, 1.82) is 0 Å². The summed E-state index contributed by atoms with van der Waals surface area (Å²) in [5, 5.41) is 34.0. The number of aromatic carboxylic acids is 2. The number of carboxylic acid groups (broad SMARTS) is 2. The number of hydrogen-bond donors (Lipinski definition) is 5. The topological polar surface area (TPSA) is 153 Å². The van der Waals surface area contributed by atoms with Gasteiger partial charge in [0.1, 0.15) is 0 Å². The van der Waals surface area contributed by atoms with Gasteiger partial charge in [-0.2, -0.15) is 5.10 Å². The van der Waals surface area contributed by atoms with E-state index in [1.165, 1.54) is 24.3 Å². The van der Waals surface area contributed by atoms with E-state index in [0.717, 1.165) is 0 Å². The lowest BCUT2D eigenvalue weighted by Crippen LogP contribution is -2.21. The summed E-state index contributed by atoms with van der Waals surface area (Å²) in [6, 6.07) is 12.0. The number of hydroxylamine groups is 1. The third-order valence-electron chi connectivity index (χ3n) is 4.15. The van der Waals surface area contributed by atoms with E-state index >= 15 is 0 Å². The maximum atomic E-state index is 11.8. The van der Waals surface area contributed by atoms with E-state index < -0.39 is 17.8 Å². The van der Waals surface area contributed by atoms with Gasteiger partial charge in [-0.3, -0.25) is 15.1 Å². The monoisotopic (exact) mass is 381 g/mol. The Bertz CT molecular complexity index is 964. The zero-order valence-electron chi connectivity index (χ0n) is 14.3. The lowest BCUT2D eigenvalue weighted by molar-refractivity contribution is -0.128. The predicted octanol–water partition coefficient (Wildman–Crippen LogP) is 2.19. The molecule has 9 nitrogen and oxygen atoms in total. The molecule has 142 valence electrons. The number of amides is 1. The van der Waals surface area contributed by atoms with Crippen LogP contribution in [0.4, 0.5) is 0 Å². The standard InChI is InChI=1S/C19H15N3O6/c23-15(22-28)9-14-16(10-1-5-12(6-2-10)18(24)25)20-21-17(14)11-3-7-13(8-4-11)19(26)27/h1-8,28H,9H2,(H,20,21)(H,22,23)(H,24,25)(H,26,27). The van der Waals surface area contributed by atoms with E-state index in [1.54, 1.807) is 29.7 Å². The van der Waals surface area contributed by atoms with Crippen LogP contribution in [-0.4, -0.2) is 43.5 Å². The van der Waals surface area contributed by atoms with Crippen molar-refractivity contribution in [3.63, 3.8) is 0 Å². The molecule has 1 aromatic heterocycles. The van der Waals surface area contributed by atoms with Crippen molar-refractivity contribution in [3.05, 3.63) is 65.2 Å². The second kappa shape index (κ2) is 7.72. The summed E-state index contributed by atoms with van der Waals surface area (Å²) < 4.78 is 0. The van der Waals surface area contributed by atoms with Crippen molar-refractivity contribution in [2.24, 2.45) is 0 Å². The van der Waals surface area contributed by atoms with Gasteiger partial charge in [-0.25, -0.2) is 15.1 Å². The molecule has 2 aromatic carbocycles. The second-order valence-corrected chi connectivity index (χ2v) is 5.90. The van der Waals surface area contributed by atoms with E-state index in [1.807, 2.05) is 0 Å². The maximum absolute atomic E-state index is 11.8. The van der Waals surface area contributed by atoms with Gasteiger partial charge >= 0.3 is 11.9 Å². The molecule has 1 heterocycles. The average Bonchev–Trinajstić information content (AvgIpc) is 3.11. The number of nitrogens with one attached hydrogen (secondary N) is 2. The Balaban J connectivity index is 2.07. The van der Waals surface area contributed by atoms with Gasteiger partial charge in [0.15, 0.2) is 0 Å². The zero-order valence-corrected chi connectivity index (χ0v) is 14.3. The molecule has 0 atom stereocenters. The molecule has 0 spiro atoms. The first-order valence-electron chi connectivity index (χ1n) is 8.08. The summed E-state index contributed by atoms with van der Waals surface area (Å²) in [5.74, 6) is -2.78. The second-order valence-electron chi connectivity index (χ2n) is 5.90. The van der Waals surface area contributed by atoms with E-state index in [0.29, 0.717) is 28.1 Å². The summed E-state index contributed by atoms with van der Waals surface area (Å²) in [4.78, 5) is 33.8. The number of H-pyrrole nitrogens is 1. The van der Waals surface area contributed by atoms with E-state index in [-0.39, 0.29) is 17.5 Å². The fourth-order valence-corrected chi connectivity index (χ4v) is 2.77. The molecule has 0 saturated carbocycles. The first-order chi connectivity index (χ1) is 13.4. The molecule has 0 fully saturated rings. The van der Waals surface area contributed by atoms with Crippen LogP contribution in [0.1, 0.15) is 26.3 Å². The van der Waals surface area contributed by atoms with Gasteiger partial charge in [0, 0.05) is 11.1 Å². The van der Waals surface area contributed by atoms with Gasteiger partial charge in [0.2, 0.25) is 5.91 Å². The number of nitrogens with zero attached hydrogens (tertiary/aromatic N) is 1. The number of rotatable bonds is 6. The predicted molar refractivity (Wildman–Crippen MR) is 97.0 cm³/mol. The fourth-order valence-electron chi connectivity index (χ4n) is 2.77. The Hall–Kier alpha value is -3.98. The minimum absolute atomic E-state index is 0.110. The van der Waals surface area contributed by atoms with Crippen LogP contribution in [0.3, 0.4) is 0 Å². The van der Waals surface area contributed by atoms with E-state index in [2.05, 4.69) is 10.2 Å². The molecule has 3 aromatic rings. The highest BCUT2D eigenvalue weighted by molar-refractivity contribution is 5.90. The SMILES string of the molecule is O=C(Cc1c(-c2ccc(C(=O)O)cc2)n[nH]c1-c1ccc(C(=O)O)cc1)NO. The number of aromatic nitrogens is 2. The van der Waals surface area contributed by atoms with Crippen LogP contribution in [0.2, 0.25) is 0 Å². The van der Waals surface area contributed by atoms with Gasteiger partial charge in [-0.15, -0.1) is 0 Å². The fraction of sp³-hybridized carbons (Fsp3) is 0.0526. The van der Waals surface area contributed by atoms with Crippen molar-refractivity contribution in [2.45, 2.75) is 6.42 Å². The van der Waals surface area contributed by atoms with Crippen LogP contribution >= 0.6 is 0 Å². The minimum atomic E-state index is -1.06. The van der Waals surface area contributed by atoms with Crippen LogP contribution in [0.5, 0.6) is 0 Å². The molecule has 0 aliphatic heterocycles. The molecule has 28 heavy (non-hydrogen) atoms. The summed E-state index contributed by atoms with van der Waals surface area (Å²) >= 11 is 0. The van der Waals surface area contributed by atoms with Crippen molar-refractivity contribution in [1.82, 2.24) is 15.7 Å². The number of hydrogen-bond acceptors (Lipinski definition) is 5. The van der Waals surface area contributed by atoms with Crippen LogP contribution in [0, 0.1) is 0 Å². The normalized spacial score (nSPS) is 10.5. The van der Waals surface area contributed by atoms with Crippen LogP contribution in [-0.2, 0) is 11.2 Å². The molecule has 3 rings (SSSR count). The number of benzene rings is 2. The van der Waals surface area contributed by atoms with E-state index in [9.17, 15) is 14.4 Å². The molecule has 0 unspecified atom stereocenters. The summed E-state index contributed by atoms with van der Waals surface area (Å²) in [6.07, 6.45) is -0.195. The molecule has 9 heteroatoms. The summed E-state index contributed by atoms with van der Waals surface area (Å²) in [7, 11) is 0. The Kier molecular flexibility index (Phi) is 5.18. The van der Waals surface area contributed by atoms with Gasteiger partial charge in [-0.1, -0.05) is 24.3 Å². The van der Waals surface area contributed by atoms with Gasteiger partial charge in [-0.05, 0) is 29.8 Å². The Morgan fingerprint density at radius 3 is 1.82 bits per heavy atom. The van der Waals surface area contributed by atoms with Gasteiger partial charge in [0.05, 0.1) is 28.9 Å². The molecule has 5 N–H and O–H groups in total. The summed E-state index contributed by atoms with van der Waals surface area (Å²) in [5.41, 5.74) is 4.35. The molecule has 0 radical (unpaired) electrons. The smallest absolute Gasteiger partial charge is 0.335 e. The third kappa shape index (κ3) is 3.74. The number of carboxylic acids is 2. The highest BCUT2D eigenvalue weighted by Crippen LogP contribution is 2.31. The van der Waals surface area contributed by atoms with Crippen molar-refractivity contribution in [3.8, 4) is 22.5 Å². The van der Waals surface area contributed by atoms with E-state index in [4.69, 9.17) is 15.4 Å².